The molecule has 1 aliphatic heterocycles. The van der Waals surface area contributed by atoms with Crippen LogP contribution in [0.25, 0.3) is 0 Å². The molecular weight excluding hydrogens is 362 g/mol. The Morgan fingerprint density at radius 2 is 2.11 bits per heavy atom. The lowest BCUT2D eigenvalue weighted by Crippen LogP contribution is -2.37. The Labute approximate surface area is 163 Å². The first kappa shape index (κ1) is 18.6. The Kier molecular flexibility index (Phi) is 5.29. The smallest absolute Gasteiger partial charge is 0.254 e. The van der Waals surface area contributed by atoms with Crippen LogP contribution in [0.5, 0.6) is 0 Å². The quantitative estimate of drug-likeness (QED) is 0.784. The minimum atomic E-state index is 0.108. The molecular formula is C19H27N5O2S. The number of rotatable bonds is 5. The van der Waals surface area contributed by atoms with E-state index < -0.39 is 0 Å². The van der Waals surface area contributed by atoms with Gasteiger partial charge in [0.1, 0.15) is 0 Å². The molecule has 27 heavy (non-hydrogen) atoms. The first-order chi connectivity index (χ1) is 13.0. The van der Waals surface area contributed by atoms with Gasteiger partial charge < -0.3 is 14.5 Å². The number of fused-ring (bicyclic) bond motifs is 1. The van der Waals surface area contributed by atoms with Crippen LogP contribution in [0, 0.1) is 11.8 Å². The highest BCUT2D eigenvalue weighted by molar-refractivity contribution is 7.08. The average Bonchev–Trinajstić information content (AvgIpc) is 3.39. The van der Waals surface area contributed by atoms with E-state index in [4.69, 9.17) is 4.74 Å². The van der Waals surface area contributed by atoms with Gasteiger partial charge in [-0.15, -0.1) is 5.10 Å². The summed E-state index contributed by atoms with van der Waals surface area (Å²) < 4.78 is 7.80. The molecule has 0 N–H and O–H groups in total. The topological polar surface area (TPSA) is 63.5 Å². The second kappa shape index (κ2) is 7.69. The number of methoxy groups -OCH3 is 1. The van der Waals surface area contributed by atoms with Crippen molar-refractivity contribution < 1.29 is 9.53 Å². The molecule has 2 fully saturated rings. The number of thiophene rings is 1. The van der Waals surface area contributed by atoms with Crippen LogP contribution in [-0.4, -0.2) is 71.1 Å². The number of nitrogens with zero attached hydrogens (tertiary/aromatic N) is 5. The molecule has 8 heteroatoms. The highest BCUT2D eigenvalue weighted by atomic mass is 32.1. The Hall–Kier alpha value is -1.77. The molecule has 0 unspecified atom stereocenters. The van der Waals surface area contributed by atoms with Crippen LogP contribution in [0.1, 0.15) is 34.9 Å². The van der Waals surface area contributed by atoms with Crippen LogP contribution in [-0.2, 0) is 11.3 Å². The highest BCUT2D eigenvalue weighted by Crippen LogP contribution is 2.42. The number of aromatic nitrogens is 3. The number of hydrogen-bond acceptors (Lipinski definition) is 6. The highest BCUT2D eigenvalue weighted by Gasteiger charge is 2.44. The molecule has 7 nitrogen and oxygen atoms in total. The summed E-state index contributed by atoms with van der Waals surface area (Å²) in [7, 11) is 5.83. The fourth-order valence-electron chi connectivity index (χ4n) is 4.53. The summed E-state index contributed by atoms with van der Waals surface area (Å²) in [6, 6.07) is 2.09. The van der Waals surface area contributed by atoms with Gasteiger partial charge in [-0.25, -0.2) is 4.68 Å². The minimum Gasteiger partial charge on any atom is -0.379 e. The maximum Gasteiger partial charge on any atom is 0.254 e. The summed E-state index contributed by atoms with van der Waals surface area (Å²) in [4.78, 5) is 16.8. The zero-order valence-corrected chi connectivity index (χ0v) is 16.9. The molecule has 1 saturated heterocycles. The van der Waals surface area contributed by atoms with E-state index in [1.165, 1.54) is 0 Å². The Bertz CT molecular complexity index is 775. The van der Waals surface area contributed by atoms with E-state index in [9.17, 15) is 4.79 Å². The van der Waals surface area contributed by atoms with Crippen LogP contribution >= 0.6 is 11.3 Å². The lowest BCUT2D eigenvalue weighted by Gasteiger charge is -2.36. The van der Waals surface area contributed by atoms with Crippen molar-refractivity contribution in [1.82, 2.24) is 24.8 Å². The van der Waals surface area contributed by atoms with Gasteiger partial charge in [-0.05, 0) is 50.2 Å². The number of hydrogen-bond donors (Lipinski definition) is 0. The first-order valence-corrected chi connectivity index (χ1v) is 10.4. The lowest BCUT2D eigenvalue weighted by atomic mass is 9.77. The number of carbonyl (C=O) groups is 1. The SMILES string of the molecule is CO[C@@H]1C[C@H]2CN(C(=O)c3ccsc3)C[C@H]2C[C@H]1n1cc(CN(C)C)nn1. The van der Waals surface area contributed by atoms with Gasteiger partial charge in [-0.1, -0.05) is 5.21 Å². The zero-order valence-electron chi connectivity index (χ0n) is 16.1. The Morgan fingerprint density at radius 1 is 1.33 bits per heavy atom. The van der Waals surface area contributed by atoms with Crippen molar-refractivity contribution in [2.45, 2.75) is 31.5 Å². The maximum absolute atomic E-state index is 12.7. The second-order valence-electron chi connectivity index (χ2n) is 7.98. The van der Waals surface area contributed by atoms with Crippen LogP contribution in [0.2, 0.25) is 0 Å². The second-order valence-corrected chi connectivity index (χ2v) is 8.76. The third-order valence-electron chi connectivity index (χ3n) is 5.82. The third kappa shape index (κ3) is 3.79. The Morgan fingerprint density at radius 3 is 2.78 bits per heavy atom. The normalized spacial score (nSPS) is 27.9. The van der Waals surface area contributed by atoms with Crippen molar-refractivity contribution in [3.05, 3.63) is 34.3 Å². The van der Waals surface area contributed by atoms with E-state index >= 15 is 0 Å². The Balaban J connectivity index is 1.47. The molecule has 0 bridgehead atoms. The van der Waals surface area contributed by atoms with E-state index in [-0.39, 0.29) is 18.1 Å². The van der Waals surface area contributed by atoms with E-state index in [0.29, 0.717) is 11.8 Å². The molecule has 1 aliphatic carbocycles. The van der Waals surface area contributed by atoms with Crippen molar-refractivity contribution in [1.29, 1.82) is 0 Å². The summed E-state index contributed by atoms with van der Waals surface area (Å²) in [5, 5.41) is 12.6. The molecule has 1 saturated carbocycles. The molecule has 2 aliphatic rings. The number of ether oxygens (including phenoxy) is 1. The van der Waals surface area contributed by atoms with E-state index in [1.54, 1.807) is 18.4 Å². The van der Waals surface area contributed by atoms with Crippen LogP contribution in [0.4, 0.5) is 0 Å². The van der Waals surface area contributed by atoms with Gasteiger partial charge >= 0.3 is 0 Å². The van der Waals surface area contributed by atoms with Gasteiger partial charge in [0.15, 0.2) is 0 Å². The maximum atomic E-state index is 12.7. The minimum absolute atomic E-state index is 0.108. The zero-order chi connectivity index (χ0) is 19.0. The first-order valence-electron chi connectivity index (χ1n) is 9.45. The fraction of sp³-hybridized carbons (Fsp3) is 0.632. The van der Waals surface area contributed by atoms with Crippen LogP contribution in [0.3, 0.4) is 0 Å². The van der Waals surface area contributed by atoms with Gasteiger partial charge in [0.05, 0.1) is 29.6 Å². The molecule has 0 radical (unpaired) electrons. The monoisotopic (exact) mass is 389 g/mol. The summed E-state index contributed by atoms with van der Waals surface area (Å²) >= 11 is 1.57. The number of carbonyl (C=O) groups excluding carboxylic acids is 1. The van der Waals surface area contributed by atoms with E-state index in [1.807, 2.05) is 46.7 Å². The third-order valence-corrected chi connectivity index (χ3v) is 6.50. The van der Waals surface area contributed by atoms with Gasteiger partial charge in [0.25, 0.3) is 5.91 Å². The van der Waals surface area contributed by atoms with Crippen molar-refractivity contribution in [3.8, 4) is 0 Å². The summed E-state index contributed by atoms with van der Waals surface area (Å²) in [6.07, 6.45) is 4.08. The summed E-state index contributed by atoms with van der Waals surface area (Å²) in [5.41, 5.74) is 1.78. The van der Waals surface area contributed by atoms with Crippen LogP contribution in [0.15, 0.2) is 23.0 Å². The number of likely N-dealkylation sites (tertiary alicyclic amines) is 1. The summed E-state index contributed by atoms with van der Waals surface area (Å²) in [5.74, 6) is 1.15. The lowest BCUT2D eigenvalue weighted by molar-refractivity contribution is -0.00547. The molecule has 1 amide bonds. The number of amides is 1. The summed E-state index contributed by atoms with van der Waals surface area (Å²) in [6.45, 7) is 2.43. The molecule has 0 spiro atoms. The van der Waals surface area contributed by atoms with E-state index in [2.05, 4.69) is 15.2 Å². The average molecular weight is 390 g/mol. The van der Waals surface area contributed by atoms with Gasteiger partial charge in [-0.2, -0.15) is 11.3 Å². The van der Waals surface area contributed by atoms with Crippen molar-refractivity contribution >= 4 is 17.2 Å². The van der Waals surface area contributed by atoms with Crippen molar-refractivity contribution in [3.63, 3.8) is 0 Å². The predicted molar refractivity (Wildman–Crippen MR) is 104 cm³/mol. The van der Waals surface area contributed by atoms with Crippen molar-refractivity contribution in [2.24, 2.45) is 11.8 Å². The van der Waals surface area contributed by atoms with Crippen LogP contribution < -0.4 is 0 Å². The predicted octanol–water partition coefficient (Wildman–Crippen LogP) is 2.14. The molecule has 4 atom stereocenters. The molecule has 2 aromatic rings. The molecule has 0 aromatic carbocycles. The fourth-order valence-corrected chi connectivity index (χ4v) is 5.16. The van der Waals surface area contributed by atoms with E-state index in [0.717, 1.165) is 43.7 Å². The van der Waals surface area contributed by atoms with Crippen molar-refractivity contribution in [2.75, 3.05) is 34.3 Å². The van der Waals surface area contributed by atoms with Gasteiger partial charge in [0, 0.05) is 32.1 Å². The largest absolute Gasteiger partial charge is 0.379 e. The van der Waals surface area contributed by atoms with Gasteiger partial charge in [0.2, 0.25) is 0 Å². The standard InChI is InChI=1S/C19H27N5O2S/c1-22(2)10-16-11-24(21-20-16)17-6-14-8-23(9-15(14)7-18(17)26-3)19(25)13-4-5-27-12-13/h4-5,11-12,14-15,17-18H,6-10H2,1-3H3/t14-,15+,17-,18-/m1/s1. The van der Waals surface area contributed by atoms with Gasteiger partial charge in [-0.3, -0.25) is 4.79 Å². The molecule has 3 heterocycles. The molecule has 146 valence electrons. The molecule has 2 aromatic heterocycles. The molecule has 4 rings (SSSR count).